The van der Waals surface area contributed by atoms with Crippen molar-refractivity contribution < 1.29 is 13.2 Å². The van der Waals surface area contributed by atoms with Crippen LogP contribution in [0, 0.1) is 6.92 Å². The number of halogens is 1. The molecule has 0 bridgehead atoms. The normalized spacial score (nSPS) is 11.9. The molecule has 1 rings (SSSR count). The second-order valence-corrected chi connectivity index (χ2v) is 7.28. The van der Waals surface area contributed by atoms with E-state index in [9.17, 15) is 8.42 Å². The molecule has 0 radical (unpaired) electrons. The fourth-order valence-electron chi connectivity index (χ4n) is 0.913. The summed E-state index contributed by atoms with van der Waals surface area (Å²) < 4.78 is 31.8. The van der Waals surface area contributed by atoms with Gasteiger partial charge in [-0.25, -0.2) is 13.1 Å². The van der Waals surface area contributed by atoms with Gasteiger partial charge in [-0.05, 0) is 34.5 Å². The first-order valence-corrected chi connectivity index (χ1v) is 7.31. The summed E-state index contributed by atoms with van der Waals surface area (Å²) >= 11 is 4.50. The van der Waals surface area contributed by atoms with Crippen molar-refractivity contribution in [2.45, 2.75) is 11.1 Å². The number of thiophene rings is 1. The molecule has 0 amide bonds. The molecule has 7 heteroatoms. The van der Waals surface area contributed by atoms with E-state index < -0.39 is 10.0 Å². The third-order valence-electron chi connectivity index (χ3n) is 1.70. The summed E-state index contributed by atoms with van der Waals surface area (Å²) in [6.45, 7) is 2.51. The van der Waals surface area contributed by atoms with Crippen LogP contribution in [-0.2, 0) is 14.8 Å². The molecule has 1 heterocycles. The lowest BCUT2D eigenvalue weighted by atomic mass is 10.4. The summed E-state index contributed by atoms with van der Waals surface area (Å²) in [5.41, 5.74) is 0.923. The molecule has 0 aliphatic rings. The number of hydrogen-bond acceptors (Lipinski definition) is 4. The van der Waals surface area contributed by atoms with Crippen LogP contribution in [0.1, 0.15) is 5.56 Å². The number of methoxy groups -OCH3 is 1. The smallest absolute Gasteiger partial charge is 0.250 e. The van der Waals surface area contributed by atoms with Crippen LogP contribution >= 0.6 is 27.3 Å². The van der Waals surface area contributed by atoms with E-state index >= 15 is 0 Å². The van der Waals surface area contributed by atoms with Crippen LogP contribution in [0.2, 0.25) is 0 Å². The monoisotopic (exact) mass is 313 g/mol. The summed E-state index contributed by atoms with van der Waals surface area (Å²) in [4.78, 5) is 0. The van der Waals surface area contributed by atoms with Gasteiger partial charge in [0.25, 0.3) is 0 Å². The van der Waals surface area contributed by atoms with Gasteiger partial charge in [-0.15, -0.1) is 11.3 Å². The van der Waals surface area contributed by atoms with E-state index in [2.05, 4.69) is 20.7 Å². The molecule has 4 nitrogen and oxygen atoms in total. The Morgan fingerprint density at radius 2 is 2.27 bits per heavy atom. The molecule has 1 aromatic rings. The number of nitrogens with one attached hydrogen (secondary N) is 1. The topological polar surface area (TPSA) is 55.4 Å². The molecule has 0 unspecified atom stereocenters. The third-order valence-corrected chi connectivity index (χ3v) is 5.77. The minimum Gasteiger partial charge on any atom is -0.383 e. The van der Waals surface area contributed by atoms with Gasteiger partial charge in [-0.1, -0.05) is 0 Å². The van der Waals surface area contributed by atoms with Crippen molar-refractivity contribution in [1.82, 2.24) is 4.72 Å². The zero-order valence-electron chi connectivity index (χ0n) is 8.41. The van der Waals surface area contributed by atoms with Crippen molar-refractivity contribution in [3.05, 3.63) is 15.4 Å². The number of hydrogen-bond donors (Lipinski definition) is 1. The second kappa shape index (κ2) is 5.40. The standard InChI is InChI=1S/C8H12BrNO3S2/c1-6-5-7(14-8(6)9)15(11,12)10-3-4-13-2/h5,10H,3-4H2,1-2H3. The maximum atomic E-state index is 11.7. The molecule has 0 saturated heterocycles. The SMILES string of the molecule is COCCNS(=O)(=O)c1cc(C)c(Br)s1. The highest BCUT2D eigenvalue weighted by atomic mass is 79.9. The van der Waals surface area contributed by atoms with E-state index in [4.69, 9.17) is 4.74 Å². The van der Waals surface area contributed by atoms with Crippen LogP contribution in [0.4, 0.5) is 0 Å². The Morgan fingerprint density at radius 3 is 2.73 bits per heavy atom. The number of sulfonamides is 1. The van der Waals surface area contributed by atoms with Crippen molar-refractivity contribution >= 4 is 37.3 Å². The average molecular weight is 314 g/mol. The average Bonchev–Trinajstić information content (AvgIpc) is 2.48. The van der Waals surface area contributed by atoms with Gasteiger partial charge in [-0.2, -0.15) is 0 Å². The maximum Gasteiger partial charge on any atom is 0.250 e. The van der Waals surface area contributed by atoms with Crippen molar-refractivity contribution in [3.8, 4) is 0 Å². The summed E-state index contributed by atoms with van der Waals surface area (Å²) in [5.74, 6) is 0. The van der Waals surface area contributed by atoms with E-state index in [1.807, 2.05) is 6.92 Å². The van der Waals surface area contributed by atoms with E-state index in [0.717, 1.165) is 9.35 Å². The van der Waals surface area contributed by atoms with E-state index in [1.165, 1.54) is 18.4 Å². The summed E-state index contributed by atoms with van der Waals surface area (Å²) in [7, 11) is -1.85. The fourth-order valence-corrected chi connectivity index (χ4v) is 4.20. The lowest BCUT2D eigenvalue weighted by Gasteiger charge is -2.02. The highest BCUT2D eigenvalue weighted by Crippen LogP contribution is 2.30. The molecule has 0 aromatic carbocycles. The van der Waals surface area contributed by atoms with E-state index in [-0.39, 0.29) is 6.54 Å². The molecule has 0 aliphatic carbocycles. The van der Waals surface area contributed by atoms with Crippen molar-refractivity contribution in [3.63, 3.8) is 0 Å². The third kappa shape index (κ3) is 3.53. The maximum absolute atomic E-state index is 11.7. The molecule has 0 spiro atoms. The summed E-state index contributed by atoms with van der Waals surface area (Å²) in [6.07, 6.45) is 0. The Morgan fingerprint density at radius 1 is 1.60 bits per heavy atom. The minimum absolute atomic E-state index is 0.285. The van der Waals surface area contributed by atoms with Gasteiger partial charge in [0.2, 0.25) is 10.0 Å². The van der Waals surface area contributed by atoms with Gasteiger partial charge < -0.3 is 4.74 Å². The zero-order chi connectivity index (χ0) is 11.5. The molecule has 15 heavy (non-hydrogen) atoms. The molecular formula is C8H12BrNO3S2. The first-order chi connectivity index (χ1) is 6.97. The highest BCUT2D eigenvalue weighted by molar-refractivity contribution is 9.11. The number of aryl methyl sites for hydroxylation is 1. The van der Waals surface area contributed by atoms with Crippen LogP contribution < -0.4 is 4.72 Å². The Bertz CT molecular complexity index is 408. The minimum atomic E-state index is -3.38. The zero-order valence-corrected chi connectivity index (χ0v) is 11.6. The molecular weight excluding hydrogens is 302 g/mol. The molecule has 0 saturated carbocycles. The Balaban J connectivity index is 2.77. The first-order valence-electron chi connectivity index (χ1n) is 4.22. The first kappa shape index (κ1) is 13.1. The number of rotatable bonds is 5. The molecule has 0 atom stereocenters. The second-order valence-electron chi connectivity index (χ2n) is 2.91. The van der Waals surface area contributed by atoms with Crippen LogP contribution in [0.5, 0.6) is 0 Å². The Kier molecular flexibility index (Phi) is 4.72. The van der Waals surface area contributed by atoms with Crippen LogP contribution in [0.3, 0.4) is 0 Å². The Labute approximate surface area is 102 Å². The van der Waals surface area contributed by atoms with Crippen molar-refractivity contribution in [2.24, 2.45) is 0 Å². The lowest BCUT2D eigenvalue weighted by molar-refractivity contribution is 0.204. The van der Waals surface area contributed by atoms with Gasteiger partial charge in [0.1, 0.15) is 4.21 Å². The van der Waals surface area contributed by atoms with Crippen LogP contribution in [0.25, 0.3) is 0 Å². The van der Waals surface area contributed by atoms with Gasteiger partial charge in [0, 0.05) is 13.7 Å². The van der Waals surface area contributed by atoms with E-state index in [0.29, 0.717) is 10.8 Å². The van der Waals surface area contributed by atoms with Gasteiger partial charge in [-0.3, -0.25) is 0 Å². The molecule has 0 fully saturated rings. The summed E-state index contributed by atoms with van der Waals surface area (Å²) in [6, 6.07) is 1.64. The highest BCUT2D eigenvalue weighted by Gasteiger charge is 2.17. The lowest BCUT2D eigenvalue weighted by Crippen LogP contribution is -2.26. The van der Waals surface area contributed by atoms with Gasteiger partial charge in [0.15, 0.2) is 0 Å². The van der Waals surface area contributed by atoms with E-state index in [1.54, 1.807) is 6.07 Å². The van der Waals surface area contributed by atoms with Gasteiger partial charge in [0.05, 0.1) is 10.4 Å². The van der Waals surface area contributed by atoms with Gasteiger partial charge >= 0.3 is 0 Å². The molecule has 1 aromatic heterocycles. The van der Waals surface area contributed by atoms with Crippen LogP contribution in [0.15, 0.2) is 14.1 Å². The molecule has 86 valence electrons. The molecule has 1 N–H and O–H groups in total. The fraction of sp³-hybridized carbons (Fsp3) is 0.500. The molecule has 0 aliphatic heterocycles. The summed E-state index contributed by atoms with van der Waals surface area (Å²) in [5, 5.41) is 0. The quantitative estimate of drug-likeness (QED) is 0.842. The van der Waals surface area contributed by atoms with Crippen LogP contribution in [-0.4, -0.2) is 28.7 Å². The predicted molar refractivity (Wildman–Crippen MR) is 63.8 cm³/mol. The predicted octanol–water partition coefficient (Wildman–Crippen LogP) is 1.74. The largest absolute Gasteiger partial charge is 0.383 e. The van der Waals surface area contributed by atoms with Crippen molar-refractivity contribution in [2.75, 3.05) is 20.3 Å². The Hall–Kier alpha value is 0.0500. The van der Waals surface area contributed by atoms with Crippen molar-refractivity contribution in [1.29, 1.82) is 0 Å². The number of ether oxygens (including phenoxy) is 1.